The molecule has 4 rings (SSSR count). The number of anilines is 1. The number of carbonyl (C=O) groups is 3. The van der Waals surface area contributed by atoms with Crippen LogP contribution in [0.4, 0.5) is 5.69 Å². The van der Waals surface area contributed by atoms with E-state index in [1.165, 1.54) is 29.2 Å². The summed E-state index contributed by atoms with van der Waals surface area (Å²) in [5, 5.41) is 7.81. The number of sulfonamides is 1. The molecule has 9 heteroatoms. The molecule has 3 amide bonds. The number of likely N-dealkylation sites (tertiary alicyclic amines) is 1. The molecule has 1 saturated carbocycles. The number of nitrogens with zero attached hydrogens (tertiary/aromatic N) is 1. The highest BCUT2D eigenvalue weighted by atomic mass is 32.2. The summed E-state index contributed by atoms with van der Waals surface area (Å²) in [6.45, 7) is 3.86. The van der Waals surface area contributed by atoms with E-state index in [1.807, 2.05) is 26.0 Å². The molecule has 5 atom stereocenters. The number of nitrogens with one attached hydrogen (secondary N) is 1. The van der Waals surface area contributed by atoms with Gasteiger partial charge in [-0.2, -0.15) is 0 Å². The zero-order chi connectivity index (χ0) is 21.8. The second-order valence-corrected chi connectivity index (χ2v) is 10.3. The molecular formula is C21H25N3O5S. The zero-order valence-corrected chi connectivity index (χ0v) is 17.6. The normalized spacial score (nSPS) is 28.3. The molecule has 1 aromatic rings. The van der Waals surface area contributed by atoms with Gasteiger partial charge < -0.3 is 5.32 Å². The van der Waals surface area contributed by atoms with Gasteiger partial charge in [-0.25, -0.2) is 13.6 Å². The van der Waals surface area contributed by atoms with Crippen LogP contribution in [0.15, 0.2) is 41.3 Å². The molecule has 1 aliphatic heterocycles. The average molecular weight is 432 g/mol. The van der Waals surface area contributed by atoms with Crippen molar-refractivity contribution >= 4 is 33.4 Å². The minimum atomic E-state index is -3.84. The molecule has 1 heterocycles. The van der Waals surface area contributed by atoms with Gasteiger partial charge in [0.2, 0.25) is 27.7 Å². The monoisotopic (exact) mass is 431 g/mol. The van der Waals surface area contributed by atoms with Crippen LogP contribution in [0, 0.1) is 29.6 Å². The molecule has 2 fully saturated rings. The molecule has 3 aliphatic rings. The lowest BCUT2D eigenvalue weighted by atomic mass is 9.85. The predicted octanol–water partition coefficient (Wildman–Crippen LogP) is 1.49. The number of allylic oxidation sites excluding steroid dienone is 2. The fourth-order valence-electron chi connectivity index (χ4n) is 4.96. The van der Waals surface area contributed by atoms with Gasteiger partial charge in [-0.1, -0.05) is 26.0 Å². The second-order valence-electron chi connectivity index (χ2n) is 8.75. The summed E-state index contributed by atoms with van der Waals surface area (Å²) >= 11 is 0. The van der Waals surface area contributed by atoms with Crippen LogP contribution in [0.1, 0.15) is 26.7 Å². The minimum Gasteiger partial charge on any atom is -0.324 e. The number of primary sulfonamides is 1. The van der Waals surface area contributed by atoms with Crippen molar-refractivity contribution in [2.45, 2.75) is 37.6 Å². The maximum atomic E-state index is 13.1. The van der Waals surface area contributed by atoms with Crippen LogP contribution in [0.3, 0.4) is 0 Å². The van der Waals surface area contributed by atoms with Crippen molar-refractivity contribution < 1.29 is 22.8 Å². The van der Waals surface area contributed by atoms with Gasteiger partial charge in [0.1, 0.15) is 6.04 Å². The molecule has 2 aliphatic carbocycles. The van der Waals surface area contributed by atoms with Crippen molar-refractivity contribution in [3.8, 4) is 0 Å². The summed E-state index contributed by atoms with van der Waals surface area (Å²) in [4.78, 5) is 40.5. The zero-order valence-electron chi connectivity index (χ0n) is 16.8. The number of fused-ring (bicyclic) bond motifs is 5. The van der Waals surface area contributed by atoms with E-state index in [-0.39, 0.29) is 46.3 Å². The van der Waals surface area contributed by atoms with Crippen LogP contribution in [0.5, 0.6) is 0 Å². The van der Waals surface area contributed by atoms with Crippen LogP contribution in [-0.4, -0.2) is 37.1 Å². The van der Waals surface area contributed by atoms with E-state index in [0.29, 0.717) is 12.1 Å². The molecular weight excluding hydrogens is 406 g/mol. The van der Waals surface area contributed by atoms with Gasteiger partial charge >= 0.3 is 0 Å². The lowest BCUT2D eigenvalue weighted by Crippen LogP contribution is -2.49. The van der Waals surface area contributed by atoms with E-state index < -0.39 is 22.0 Å². The first-order chi connectivity index (χ1) is 14.1. The molecule has 0 spiro atoms. The number of nitrogens with two attached hydrogens (primary N) is 1. The predicted molar refractivity (Wildman–Crippen MR) is 109 cm³/mol. The Hall–Kier alpha value is -2.52. The van der Waals surface area contributed by atoms with E-state index >= 15 is 0 Å². The number of amides is 3. The lowest BCUT2D eigenvalue weighted by Gasteiger charge is -2.28. The minimum absolute atomic E-state index is 0.0695. The number of benzene rings is 1. The molecule has 30 heavy (non-hydrogen) atoms. The average Bonchev–Trinajstić information content (AvgIpc) is 3.33. The van der Waals surface area contributed by atoms with Crippen LogP contribution in [0.25, 0.3) is 0 Å². The summed E-state index contributed by atoms with van der Waals surface area (Å²) in [7, 11) is -3.84. The van der Waals surface area contributed by atoms with E-state index in [9.17, 15) is 22.8 Å². The maximum absolute atomic E-state index is 13.1. The van der Waals surface area contributed by atoms with Gasteiger partial charge in [0.15, 0.2) is 0 Å². The molecule has 1 saturated heterocycles. The Morgan fingerprint density at radius 2 is 1.63 bits per heavy atom. The molecule has 0 unspecified atom stereocenters. The molecule has 1 aromatic carbocycles. The lowest BCUT2D eigenvalue weighted by molar-refractivity contribution is -0.147. The highest BCUT2D eigenvalue weighted by Gasteiger charge is 2.61. The largest absolute Gasteiger partial charge is 0.324 e. The van der Waals surface area contributed by atoms with E-state index in [1.54, 1.807) is 0 Å². The van der Waals surface area contributed by atoms with E-state index in [0.717, 1.165) is 6.42 Å². The molecule has 0 radical (unpaired) electrons. The Kier molecular flexibility index (Phi) is 5.06. The smallest absolute Gasteiger partial charge is 0.247 e. The molecule has 3 N–H and O–H groups in total. The Labute approximate surface area is 175 Å². The third-order valence-electron chi connectivity index (χ3n) is 6.26. The number of rotatable bonds is 6. The van der Waals surface area contributed by atoms with Gasteiger partial charge in [-0.3, -0.25) is 19.3 Å². The number of hydrogen-bond acceptors (Lipinski definition) is 5. The molecule has 160 valence electrons. The third kappa shape index (κ3) is 3.45. The van der Waals surface area contributed by atoms with Crippen molar-refractivity contribution in [1.29, 1.82) is 0 Å². The topological polar surface area (TPSA) is 127 Å². The van der Waals surface area contributed by atoms with Crippen molar-refractivity contribution in [2.24, 2.45) is 34.7 Å². The summed E-state index contributed by atoms with van der Waals surface area (Å²) in [5.74, 6) is -1.45. The van der Waals surface area contributed by atoms with Gasteiger partial charge in [0.25, 0.3) is 0 Å². The quantitative estimate of drug-likeness (QED) is 0.521. The maximum Gasteiger partial charge on any atom is 0.247 e. The van der Waals surface area contributed by atoms with Crippen LogP contribution in [0.2, 0.25) is 0 Å². The van der Waals surface area contributed by atoms with Crippen molar-refractivity contribution in [3.63, 3.8) is 0 Å². The van der Waals surface area contributed by atoms with Gasteiger partial charge in [0, 0.05) is 5.69 Å². The molecule has 2 bridgehead atoms. The Bertz CT molecular complexity index is 1000. The summed E-state index contributed by atoms with van der Waals surface area (Å²) in [6.07, 6.45) is 5.22. The number of imide groups is 1. The fraction of sp³-hybridized carbons (Fsp3) is 0.476. The second kappa shape index (κ2) is 7.31. The standard InChI is InChI=1S/C21H25N3O5S/c1-11(2)9-16(19(25)23-14-5-7-15(8-6-14)30(22,28)29)24-20(26)17-12-3-4-13(10-12)18(17)21(24)27/h3-8,11-13,16-18H,9-10H2,1-2H3,(H,23,25)(H2,22,28,29)/t12-,13-,16+,17-,18+/m0/s1. The van der Waals surface area contributed by atoms with Gasteiger partial charge in [-0.15, -0.1) is 0 Å². The first-order valence-corrected chi connectivity index (χ1v) is 11.6. The van der Waals surface area contributed by atoms with Crippen molar-refractivity contribution in [1.82, 2.24) is 4.90 Å². The van der Waals surface area contributed by atoms with Gasteiger partial charge in [0.05, 0.1) is 16.7 Å². The van der Waals surface area contributed by atoms with Crippen molar-refractivity contribution in [3.05, 3.63) is 36.4 Å². The van der Waals surface area contributed by atoms with Gasteiger partial charge in [-0.05, 0) is 54.9 Å². The first kappa shape index (κ1) is 20.7. The summed E-state index contributed by atoms with van der Waals surface area (Å²) < 4.78 is 22.8. The van der Waals surface area contributed by atoms with Crippen LogP contribution >= 0.6 is 0 Å². The van der Waals surface area contributed by atoms with Crippen LogP contribution < -0.4 is 10.5 Å². The summed E-state index contributed by atoms with van der Waals surface area (Å²) in [6, 6.07) is 4.53. The molecule has 8 nitrogen and oxygen atoms in total. The fourth-order valence-corrected chi connectivity index (χ4v) is 5.48. The molecule has 0 aromatic heterocycles. The third-order valence-corrected chi connectivity index (χ3v) is 7.19. The SMILES string of the molecule is CC(C)C[C@H](C(=O)Nc1ccc(S(N)(=O)=O)cc1)N1C(=O)[C@@H]2[C@H](C1=O)[C@H]1C=C[C@H]2C1. The van der Waals surface area contributed by atoms with Crippen LogP contribution in [-0.2, 0) is 24.4 Å². The number of hydrogen-bond donors (Lipinski definition) is 2. The Morgan fingerprint density at radius 1 is 1.10 bits per heavy atom. The van der Waals surface area contributed by atoms with Crippen molar-refractivity contribution in [2.75, 3.05) is 5.32 Å². The van der Waals surface area contributed by atoms with E-state index in [2.05, 4.69) is 5.32 Å². The highest BCUT2D eigenvalue weighted by Crippen LogP contribution is 2.53. The van der Waals surface area contributed by atoms with E-state index in [4.69, 9.17) is 5.14 Å². The Balaban J connectivity index is 1.56. The highest BCUT2D eigenvalue weighted by molar-refractivity contribution is 7.89. The number of carbonyl (C=O) groups excluding carboxylic acids is 3. The first-order valence-electron chi connectivity index (χ1n) is 10.1. The Morgan fingerprint density at radius 3 is 2.10 bits per heavy atom. The summed E-state index contributed by atoms with van der Waals surface area (Å²) in [5.41, 5.74) is 0.363.